The van der Waals surface area contributed by atoms with Gasteiger partial charge in [0, 0.05) is 5.69 Å². The second-order valence-electron chi connectivity index (χ2n) is 6.08. The van der Waals surface area contributed by atoms with E-state index in [9.17, 15) is 0 Å². The van der Waals surface area contributed by atoms with Crippen LogP contribution in [-0.4, -0.2) is 28.5 Å². The maximum Gasteiger partial charge on any atom is 0.494 e. The number of anilines is 2. The summed E-state index contributed by atoms with van der Waals surface area (Å²) in [6.07, 6.45) is 1.28. The van der Waals surface area contributed by atoms with Crippen LogP contribution in [0.4, 0.5) is 11.7 Å². The second kappa shape index (κ2) is 4.86. The van der Waals surface area contributed by atoms with Gasteiger partial charge < -0.3 is 19.0 Å². The second-order valence-corrected chi connectivity index (χ2v) is 6.08. The summed E-state index contributed by atoms with van der Waals surface area (Å²) >= 11 is 0. The van der Waals surface area contributed by atoms with Gasteiger partial charge in [0.05, 0.1) is 11.2 Å². The number of rotatable bonds is 3. The van der Waals surface area contributed by atoms with Crippen molar-refractivity contribution in [2.75, 3.05) is 5.32 Å². The van der Waals surface area contributed by atoms with E-state index in [4.69, 9.17) is 13.7 Å². The van der Waals surface area contributed by atoms with Crippen LogP contribution in [0.25, 0.3) is 0 Å². The quantitative estimate of drug-likeness (QED) is 0.872. The molecule has 0 atom stereocenters. The van der Waals surface area contributed by atoms with E-state index in [1.165, 1.54) is 6.39 Å². The minimum Gasteiger partial charge on any atom is -0.411 e. The molecule has 0 unspecified atom stereocenters. The normalized spacial score (nSPS) is 19.7. The van der Waals surface area contributed by atoms with Gasteiger partial charge in [-0.25, -0.2) is 0 Å². The first-order valence-electron chi connectivity index (χ1n) is 6.86. The summed E-state index contributed by atoms with van der Waals surface area (Å²) in [6, 6.07) is 8.12. The van der Waals surface area contributed by atoms with Crippen molar-refractivity contribution in [1.82, 2.24) is 10.2 Å². The molecule has 1 aromatic carbocycles. The van der Waals surface area contributed by atoms with E-state index in [1.807, 2.05) is 52.0 Å². The van der Waals surface area contributed by atoms with Crippen molar-refractivity contribution < 1.29 is 13.7 Å². The highest BCUT2D eigenvalue weighted by atomic mass is 16.7. The number of nitrogens with one attached hydrogen (secondary N) is 1. The highest BCUT2D eigenvalue weighted by molar-refractivity contribution is 6.62. The predicted octanol–water partition coefficient (Wildman–Crippen LogP) is 2.11. The van der Waals surface area contributed by atoms with Gasteiger partial charge in [-0.05, 0) is 45.3 Å². The zero-order valence-electron chi connectivity index (χ0n) is 12.6. The molecular formula is C14H18BN3O3. The maximum atomic E-state index is 6.01. The molecule has 0 amide bonds. The van der Waals surface area contributed by atoms with Crippen molar-refractivity contribution in [3.63, 3.8) is 0 Å². The Morgan fingerprint density at radius 1 is 1.00 bits per heavy atom. The monoisotopic (exact) mass is 287 g/mol. The molecule has 1 fully saturated rings. The lowest BCUT2D eigenvalue weighted by Gasteiger charge is -2.32. The van der Waals surface area contributed by atoms with Crippen LogP contribution >= 0.6 is 0 Å². The molecule has 0 spiro atoms. The van der Waals surface area contributed by atoms with E-state index in [0.717, 1.165) is 11.2 Å². The Hall–Kier alpha value is -1.86. The molecule has 7 heteroatoms. The smallest absolute Gasteiger partial charge is 0.411 e. The van der Waals surface area contributed by atoms with E-state index in [1.54, 1.807) is 0 Å². The Labute approximate surface area is 124 Å². The van der Waals surface area contributed by atoms with Crippen molar-refractivity contribution in [2.45, 2.75) is 38.9 Å². The fourth-order valence-corrected chi connectivity index (χ4v) is 2.05. The lowest BCUT2D eigenvalue weighted by Crippen LogP contribution is -2.41. The number of aromatic nitrogens is 2. The lowest BCUT2D eigenvalue weighted by atomic mass is 9.79. The average Bonchev–Trinajstić information content (AvgIpc) is 2.97. The van der Waals surface area contributed by atoms with Crippen LogP contribution in [0.2, 0.25) is 0 Å². The molecule has 0 radical (unpaired) electrons. The van der Waals surface area contributed by atoms with Gasteiger partial charge in [0.2, 0.25) is 6.39 Å². The van der Waals surface area contributed by atoms with Crippen LogP contribution in [0.15, 0.2) is 35.1 Å². The number of hydrogen-bond acceptors (Lipinski definition) is 6. The Bertz CT molecular complexity index is 595. The summed E-state index contributed by atoms with van der Waals surface area (Å²) < 4.78 is 17.1. The third-order valence-electron chi connectivity index (χ3n) is 4.05. The standard InChI is InChI=1S/C14H18BN3O3/c1-13(2)14(3,4)21-15(20-13)10-5-7-11(8-6-10)17-12-18-16-9-19-12/h5-9H,1-4H3,(H,17,18). The van der Waals surface area contributed by atoms with Gasteiger partial charge in [-0.2, -0.15) is 0 Å². The van der Waals surface area contributed by atoms with Crippen molar-refractivity contribution >= 4 is 24.3 Å². The molecule has 2 heterocycles. The largest absolute Gasteiger partial charge is 0.494 e. The maximum absolute atomic E-state index is 6.01. The molecule has 1 aliphatic rings. The topological polar surface area (TPSA) is 69.4 Å². The van der Waals surface area contributed by atoms with E-state index >= 15 is 0 Å². The Balaban J connectivity index is 1.73. The highest BCUT2D eigenvalue weighted by Gasteiger charge is 2.51. The zero-order chi connectivity index (χ0) is 15.1. The predicted molar refractivity (Wildman–Crippen MR) is 79.7 cm³/mol. The van der Waals surface area contributed by atoms with Crippen LogP contribution in [0.5, 0.6) is 0 Å². The van der Waals surface area contributed by atoms with Gasteiger partial charge >= 0.3 is 13.1 Å². The lowest BCUT2D eigenvalue weighted by molar-refractivity contribution is 0.00578. The summed E-state index contributed by atoms with van der Waals surface area (Å²) in [5, 5.41) is 10.4. The van der Waals surface area contributed by atoms with Gasteiger partial charge in [0.1, 0.15) is 0 Å². The van der Waals surface area contributed by atoms with Gasteiger partial charge in [-0.15, -0.1) is 5.10 Å². The van der Waals surface area contributed by atoms with Crippen LogP contribution in [0.3, 0.4) is 0 Å². The SMILES string of the molecule is CC1(C)OB(c2ccc(Nc3nnco3)cc2)OC1(C)C. The number of hydrogen-bond donors (Lipinski definition) is 1. The third-order valence-corrected chi connectivity index (χ3v) is 4.05. The Morgan fingerprint density at radius 2 is 1.62 bits per heavy atom. The first-order chi connectivity index (χ1) is 9.87. The minimum absolute atomic E-state index is 0.335. The van der Waals surface area contributed by atoms with E-state index < -0.39 is 0 Å². The van der Waals surface area contributed by atoms with Crippen molar-refractivity contribution in [3.8, 4) is 0 Å². The van der Waals surface area contributed by atoms with E-state index in [2.05, 4.69) is 15.5 Å². The molecule has 2 aromatic rings. The molecular weight excluding hydrogens is 269 g/mol. The van der Waals surface area contributed by atoms with Gasteiger partial charge in [-0.1, -0.05) is 17.2 Å². The molecule has 6 nitrogen and oxygen atoms in total. The molecule has 0 saturated carbocycles. The van der Waals surface area contributed by atoms with E-state index in [-0.39, 0.29) is 18.3 Å². The summed E-state index contributed by atoms with van der Waals surface area (Å²) in [7, 11) is -0.354. The molecule has 110 valence electrons. The number of benzene rings is 1. The number of nitrogens with zero attached hydrogens (tertiary/aromatic N) is 2. The molecule has 1 saturated heterocycles. The molecule has 3 rings (SSSR count). The first-order valence-corrected chi connectivity index (χ1v) is 6.86. The Kier molecular flexibility index (Phi) is 3.26. The van der Waals surface area contributed by atoms with Crippen LogP contribution < -0.4 is 10.8 Å². The van der Waals surface area contributed by atoms with Gasteiger partial charge in [-0.3, -0.25) is 0 Å². The van der Waals surface area contributed by atoms with Gasteiger partial charge in [0.25, 0.3) is 0 Å². The van der Waals surface area contributed by atoms with Crippen LogP contribution in [-0.2, 0) is 9.31 Å². The highest BCUT2D eigenvalue weighted by Crippen LogP contribution is 2.36. The summed E-state index contributed by atoms with van der Waals surface area (Å²) in [4.78, 5) is 0. The van der Waals surface area contributed by atoms with Crippen molar-refractivity contribution in [3.05, 3.63) is 30.7 Å². The fourth-order valence-electron chi connectivity index (χ4n) is 2.05. The van der Waals surface area contributed by atoms with Crippen molar-refractivity contribution in [2.24, 2.45) is 0 Å². The van der Waals surface area contributed by atoms with Crippen LogP contribution in [0, 0.1) is 0 Å². The van der Waals surface area contributed by atoms with Gasteiger partial charge in [0.15, 0.2) is 0 Å². The Morgan fingerprint density at radius 3 is 2.14 bits per heavy atom. The summed E-state index contributed by atoms with van der Waals surface area (Å²) in [5.74, 6) is 0. The average molecular weight is 287 g/mol. The molecule has 0 aliphatic carbocycles. The minimum atomic E-state index is -0.354. The molecule has 1 N–H and O–H groups in total. The van der Waals surface area contributed by atoms with Crippen LogP contribution in [0.1, 0.15) is 27.7 Å². The third kappa shape index (κ3) is 2.66. The summed E-state index contributed by atoms with van der Waals surface area (Å²) in [5.41, 5.74) is 1.17. The van der Waals surface area contributed by atoms with Crippen molar-refractivity contribution in [1.29, 1.82) is 0 Å². The fraction of sp³-hybridized carbons (Fsp3) is 0.429. The zero-order valence-corrected chi connectivity index (χ0v) is 12.6. The molecule has 21 heavy (non-hydrogen) atoms. The first kappa shape index (κ1) is 14.1. The molecule has 1 aliphatic heterocycles. The van der Waals surface area contributed by atoms with E-state index in [0.29, 0.717) is 6.01 Å². The molecule has 0 bridgehead atoms. The summed E-state index contributed by atoms with van der Waals surface area (Å²) in [6.45, 7) is 8.16. The molecule has 1 aromatic heterocycles.